The highest BCUT2D eigenvalue weighted by Crippen LogP contribution is 2.23. The summed E-state index contributed by atoms with van der Waals surface area (Å²) in [4.78, 5) is 47.8. The van der Waals surface area contributed by atoms with Crippen molar-refractivity contribution in [3.63, 3.8) is 0 Å². The van der Waals surface area contributed by atoms with E-state index in [9.17, 15) is 29.4 Å². The molecule has 0 aromatic carbocycles. The number of imide groups is 1. The lowest BCUT2D eigenvalue weighted by Crippen LogP contribution is -2.48. The number of amides is 4. The van der Waals surface area contributed by atoms with Crippen LogP contribution in [0, 0.1) is 0 Å². The quantitative estimate of drug-likeness (QED) is 0.196. The molecule has 0 saturated heterocycles. The van der Waals surface area contributed by atoms with Gasteiger partial charge in [-0.2, -0.15) is 0 Å². The second-order valence-electron chi connectivity index (χ2n) is 7.23. The summed E-state index contributed by atoms with van der Waals surface area (Å²) in [5.74, 6) is -1.63. The van der Waals surface area contributed by atoms with Gasteiger partial charge >= 0.3 is 0 Å². The zero-order valence-electron chi connectivity index (χ0n) is 16.8. The number of rotatable bonds is 10. The van der Waals surface area contributed by atoms with Crippen LogP contribution in [0.25, 0.3) is 0 Å². The van der Waals surface area contributed by atoms with E-state index in [-0.39, 0.29) is 51.6 Å². The number of nitrogens with one attached hydrogen (secondary N) is 2. The van der Waals surface area contributed by atoms with Crippen LogP contribution in [0.4, 0.5) is 0 Å². The van der Waals surface area contributed by atoms with E-state index in [1.54, 1.807) is 12.2 Å². The number of hydrogen-bond donors (Lipinski definition) is 4. The molecule has 0 aromatic heterocycles. The molecule has 10 heteroatoms. The molecule has 0 radical (unpaired) electrons. The molecule has 0 spiro atoms. The molecule has 30 heavy (non-hydrogen) atoms. The van der Waals surface area contributed by atoms with Crippen LogP contribution < -0.4 is 10.6 Å². The van der Waals surface area contributed by atoms with Crippen molar-refractivity contribution in [1.29, 1.82) is 0 Å². The van der Waals surface area contributed by atoms with Gasteiger partial charge in [0.15, 0.2) is 0 Å². The van der Waals surface area contributed by atoms with Gasteiger partial charge in [-0.15, -0.1) is 0 Å². The molecule has 1 aliphatic heterocycles. The molecule has 166 valence electrons. The van der Waals surface area contributed by atoms with E-state index in [0.29, 0.717) is 19.3 Å². The maximum Gasteiger partial charge on any atom is 0.253 e. The van der Waals surface area contributed by atoms with E-state index in [1.165, 1.54) is 12.2 Å². The third-order valence-electron chi connectivity index (χ3n) is 4.92. The largest absolute Gasteiger partial charge is 0.389 e. The molecule has 0 unspecified atom stereocenters. The number of carbonyl (C=O) groups is 4. The van der Waals surface area contributed by atoms with Crippen molar-refractivity contribution in [2.24, 2.45) is 0 Å². The highest BCUT2D eigenvalue weighted by Gasteiger charge is 2.35. The molecule has 1 heterocycles. The first-order chi connectivity index (χ1) is 14.3. The van der Waals surface area contributed by atoms with Crippen molar-refractivity contribution >= 4 is 23.6 Å². The van der Waals surface area contributed by atoms with Crippen LogP contribution in [0.2, 0.25) is 0 Å². The molecule has 4 amide bonds. The van der Waals surface area contributed by atoms with Gasteiger partial charge in [-0.1, -0.05) is 12.2 Å². The molecule has 0 aromatic rings. The van der Waals surface area contributed by atoms with Crippen molar-refractivity contribution in [2.75, 3.05) is 32.8 Å². The van der Waals surface area contributed by atoms with Crippen LogP contribution in [0.3, 0.4) is 0 Å². The van der Waals surface area contributed by atoms with Crippen LogP contribution in [-0.2, 0) is 23.9 Å². The fourth-order valence-corrected chi connectivity index (χ4v) is 3.13. The average molecular weight is 423 g/mol. The summed E-state index contributed by atoms with van der Waals surface area (Å²) in [5, 5.41) is 25.4. The Hall–Kier alpha value is -2.56. The summed E-state index contributed by atoms with van der Waals surface area (Å²) in [5.41, 5.74) is -1.51. The number of carbonyl (C=O) groups excluding carboxylic acids is 4. The van der Waals surface area contributed by atoms with Gasteiger partial charge in [-0.25, -0.2) is 0 Å². The Morgan fingerprint density at radius 2 is 1.80 bits per heavy atom. The molecular weight excluding hydrogens is 394 g/mol. The first-order valence-electron chi connectivity index (χ1n) is 10.1. The van der Waals surface area contributed by atoms with Crippen molar-refractivity contribution in [3.8, 4) is 0 Å². The van der Waals surface area contributed by atoms with Crippen molar-refractivity contribution in [1.82, 2.24) is 15.5 Å². The van der Waals surface area contributed by atoms with E-state index < -0.39 is 29.4 Å². The standard InChI is InChI=1S/C20H29N3O7/c24-15-3-1-2-8-20(29,9-6-15)19(28)22-11-14-30-13-10-21-16(25)7-12-23-17(26)4-5-18(23)27/h1,3-5,15,24,29H,2,6-14H2,(H,21,25)(H,22,28)/b3-1+/t15-,20-/m0/s1. The fraction of sp³-hybridized carbons (Fsp3) is 0.600. The van der Waals surface area contributed by atoms with Gasteiger partial charge in [-0.05, 0) is 25.7 Å². The van der Waals surface area contributed by atoms with Gasteiger partial charge in [0, 0.05) is 38.2 Å². The molecule has 0 saturated carbocycles. The SMILES string of the molecule is O=C(CCN1C(=O)C=CC1=O)NCCOCCNC(=O)[C@]1(O)CC/C=C/[C@H](O)CC1. The molecule has 10 nitrogen and oxygen atoms in total. The summed E-state index contributed by atoms with van der Waals surface area (Å²) < 4.78 is 5.34. The predicted octanol–water partition coefficient (Wildman–Crippen LogP) is -1.23. The Morgan fingerprint density at radius 1 is 1.13 bits per heavy atom. The molecule has 2 aliphatic rings. The molecular formula is C20H29N3O7. The predicted molar refractivity (Wildman–Crippen MR) is 106 cm³/mol. The molecule has 0 fully saturated rings. The highest BCUT2D eigenvalue weighted by atomic mass is 16.5. The Kier molecular flexibility index (Phi) is 9.15. The maximum absolute atomic E-state index is 12.3. The van der Waals surface area contributed by atoms with Crippen LogP contribution in [0.15, 0.2) is 24.3 Å². The number of ether oxygens (including phenoxy) is 1. The van der Waals surface area contributed by atoms with Crippen LogP contribution >= 0.6 is 0 Å². The third-order valence-corrected chi connectivity index (χ3v) is 4.92. The second kappa shape index (κ2) is 11.6. The second-order valence-corrected chi connectivity index (χ2v) is 7.23. The average Bonchev–Trinajstić information content (AvgIpc) is 3.03. The summed E-state index contributed by atoms with van der Waals surface area (Å²) >= 11 is 0. The summed E-state index contributed by atoms with van der Waals surface area (Å²) in [6.45, 7) is 0.925. The monoisotopic (exact) mass is 423 g/mol. The number of hydrogen-bond acceptors (Lipinski definition) is 7. The first-order valence-corrected chi connectivity index (χ1v) is 10.1. The Bertz CT molecular complexity index is 689. The van der Waals surface area contributed by atoms with E-state index >= 15 is 0 Å². The van der Waals surface area contributed by atoms with E-state index in [1.807, 2.05) is 0 Å². The van der Waals surface area contributed by atoms with E-state index in [0.717, 1.165) is 4.90 Å². The maximum atomic E-state index is 12.3. The Morgan fingerprint density at radius 3 is 2.50 bits per heavy atom. The van der Waals surface area contributed by atoms with Gasteiger partial charge in [0.05, 0.1) is 19.3 Å². The van der Waals surface area contributed by atoms with E-state index in [4.69, 9.17) is 4.74 Å². The summed E-state index contributed by atoms with van der Waals surface area (Å²) in [7, 11) is 0. The Labute approximate surface area is 174 Å². The highest BCUT2D eigenvalue weighted by molar-refractivity contribution is 6.13. The van der Waals surface area contributed by atoms with Crippen molar-refractivity contribution in [2.45, 2.75) is 43.8 Å². The normalized spacial score (nSPS) is 25.0. The van der Waals surface area contributed by atoms with Gasteiger partial charge in [-0.3, -0.25) is 24.1 Å². The molecule has 4 N–H and O–H groups in total. The molecule has 0 bridgehead atoms. The van der Waals surface area contributed by atoms with Gasteiger partial charge in [0.2, 0.25) is 5.91 Å². The first kappa shape index (κ1) is 23.7. The van der Waals surface area contributed by atoms with Gasteiger partial charge in [0.1, 0.15) is 5.60 Å². The number of aliphatic hydroxyl groups excluding tert-OH is 1. The topological polar surface area (TPSA) is 145 Å². The summed E-state index contributed by atoms with van der Waals surface area (Å²) in [6.07, 6.45) is 6.42. The van der Waals surface area contributed by atoms with Gasteiger partial charge < -0.3 is 25.6 Å². The molecule has 2 rings (SSSR count). The molecule has 1 aliphatic carbocycles. The van der Waals surface area contributed by atoms with Crippen LogP contribution in [0.1, 0.15) is 32.1 Å². The lowest BCUT2D eigenvalue weighted by molar-refractivity contribution is -0.142. The minimum Gasteiger partial charge on any atom is -0.389 e. The molecule has 2 atom stereocenters. The minimum atomic E-state index is -1.51. The number of allylic oxidation sites excluding steroid dienone is 1. The lowest BCUT2D eigenvalue weighted by atomic mass is 9.88. The fourth-order valence-electron chi connectivity index (χ4n) is 3.13. The zero-order valence-corrected chi connectivity index (χ0v) is 16.8. The van der Waals surface area contributed by atoms with Crippen molar-refractivity contribution in [3.05, 3.63) is 24.3 Å². The minimum absolute atomic E-state index is 0.0116. The third kappa shape index (κ3) is 7.36. The smallest absolute Gasteiger partial charge is 0.253 e. The number of nitrogens with zero attached hydrogens (tertiary/aromatic N) is 1. The van der Waals surface area contributed by atoms with Crippen LogP contribution in [0.5, 0.6) is 0 Å². The Balaban J connectivity index is 1.52. The van der Waals surface area contributed by atoms with Gasteiger partial charge in [0.25, 0.3) is 17.7 Å². The summed E-state index contributed by atoms with van der Waals surface area (Å²) in [6, 6.07) is 0. The van der Waals surface area contributed by atoms with Crippen LogP contribution in [-0.4, -0.2) is 83.3 Å². The van der Waals surface area contributed by atoms with E-state index in [2.05, 4.69) is 10.6 Å². The lowest BCUT2D eigenvalue weighted by Gasteiger charge is -2.28. The van der Waals surface area contributed by atoms with Crippen molar-refractivity contribution < 1.29 is 34.1 Å². The zero-order chi connectivity index (χ0) is 22.0. The number of aliphatic hydroxyl groups is 2.